The number of carbonyl (C=O) groups is 1. The summed E-state index contributed by atoms with van der Waals surface area (Å²) in [5.74, 6) is 1.18. The second-order valence-electron chi connectivity index (χ2n) is 5.77. The average Bonchev–Trinajstić information content (AvgIpc) is 3.35. The van der Waals surface area contributed by atoms with E-state index in [2.05, 4.69) is 20.2 Å². The first-order chi connectivity index (χ1) is 11.7. The van der Waals surface area contributed by atoms with Crippen LogP contribution in [0.3, 0.4) is 0 Å². The SMILES string of the molecule is Cn1nccc1C(=O)N1CCC(c2noc(-c3ccncc3)n2)C1. The normalized spacial score (nSPS) is 17.4. The standard InChI is InChI=1S/C16H16N6O2/c1-21-13(4-8-18-21)16(23)22-9-5-12(10-22)14-19-15(24-20-14)11-2-6-17-7-3-11/h2-4,6-8,12H,5,9-10H2,1H3. The Morgan fingerprint density at radius 2 is 2.08 bits per heavy atom. The molecule has 4 heterocycles. The molecule has 8 nitrogen and oxygen atoms in total. The van der Waals surface area contributed by atoms with Gasteiger partial charge in [-0.25, -0.2) is 0 Å². The second-order valence-corrected chi connectivity index (χ2v) is 5.77. The van der Waals surface area contributed by atoms with Crippen molar-refractivity contribution in [2.24, 2.45) is 7.05 Å². The summed E-state index contributed by atoms with van der Waals surface area (Å²) in [5.41, 5.74) is 1.42. The Morgan fingerprint density at radius 1 is 1.25 bits per heavy atom. The Balaban J connectivity index is 1.49. The molecule has 8 heteroatoms. The van der Waals surface area contributed by atoms with Gasteiger partial charge in [-0.3, -0.25) is 14.5 Å². The van der Waals surface area contributed by atoms with E-state index in [4.69, 9.17) is 4.52 Å². The molecule has 0 bridgehead atoms. The van der Waals surface area contributed by atoms with E-state index in [1.165, 1.54) is 0 Å². The summed E-state index contributed by atoms with van der Waals surface area (Å²) in [6.45, 7) is 1.26. The van der Waals surface area contributed by atoms with Crippen molar-refractivity contribution in [3.63, 3.8) is 0 Å². The number of nitrogens with zero attached hydrogens (tertiary/aromatic N) is 6. The lowest BCUT2D eigenvalue weighted by atomic mass is 10.1. The third-order valence-electron chi connectivity index (χ3n) is 4.25. The average molecular weight is 324 g/mol. The minimum absolute atomic E-state index is 0.0182. The molecule has 1 saturated heterocycles. The van der Waals surface area contributed by atoms with Gasteiger partial charge < -0.3 is 9.42 Å². The summed E-state index contributed by atoms with van der Waals surface area (Å²) in [6.07, 6.45) is 5.81. The summed E-state index contributed by atoms with van der Waals surface area (Å²) in [7, 11) is 1.76. The Kier molecular flexibility index (Phi) is 3.56. The van der Waals surface area contributed by atoms with E-state index in [1.54, 1.807) is 36.4 Å². The van der Waals surface area contributed by atoms with Gasteiger partial charge in [0.1, 0.15) is 5.69 Å². The molecule has 0 spiro atoms. The van der Waals surface area contributed by atoms with Gasteiger partial charge in [0.15, 0.2) is 5.82 Å². The van der Waals surface area contributed by atoms with Crippen molar-refractivity contribution in [1.82, 2.24) is 29.8 Å². The van der Waals surface area contributed by atoms with Crippen molar-refractivity contribution in [3.05, 3.63) is 48.3 Å². The van der Waals surface area contributed by atoms with Crippen LogP contribution in [0.25, 0.3) is 11.5 Å². The summed E-state index contributed by atoms with van der Waals surface area (Å²) < 4.78 is 6.93. The van der Waals surface area contributed by atoms with Crippen LogP contribution in [-0.2, 0) is 7.05 Å². The predicted octanol–water partition coefficient (Wildman–Crippen LogP) is 1.49. The zero-order valence-electron chi connectivity index (χ0n) is 13.2. The molecule has 24 heavy (non-hydrogen) atoms. The van der Waals surface area contributed by atoms with E-state index in [-0.39, 0.29) is 11.8 Å². The van der Waals surface area contributed by atoms with Crippen LogP contribution in [0.5, 0.6) is 0 Å². The molecule has 0 aliphatic carbocycles. The van der Waals surface area contributed by atoms with Crippen molar-refractivity contribution in [3.8, 4) is 11.5 Å². The molecule has 0 aromatic carbocycles. The molecular formula is C16H16N6O2. The van der Waals surface area contributed by atoms with Gasteiger partial charge in [0, 0.05) is 50.2 Å². The summed E-state index contributed by atoms with van der Waals surface area (Å²) in [4.78, 5) is 22.8. The molecule has 1 unspecified atom stereocenters. The van der Waals surface area contributed by atoms with Gasteiger partial charge >= 0.3 is 0 Å². The Morgan fingerprint density at radius 3 is 2.83 bits per heavy atom. The van der Waals surface area contributed by atoms with Crippen LogP contribution in [-0.4, -0.2) is 48.8 Å². The number of hydrogen-bond donors (Lipinski definition) is 0. The zero-order chi connectivity index (χ0) is 16.5. The van der Waals surface area contributed by atoms with Crippen LogP contribution in [0, 0.1) is 0 Å². The van der Waals surface area contributed by atoms with Crippen LogP contribution in [0.1, 0.15) is 28.7 Å². The van der Waals surface area contributed by atoms with Crippen molar-refractivity contribution >= 4 is 5.91 Å². The molecule has 0 saturated carbocycles. The molecule has 0 radical (unpaired) electrons. The zero-order valence-corrected chi connectivity index (χ0v) is 13.2. The fraction of sp³-hybridized carbons (Fsp3) is 0.312. The lowest BCUT2D eigenvalue weighted by molar-refractivity contribution is 0.0779. The molecule has 1 fully saturated rings. The molecule has 1 aliphatic rings. The topological polar surface area (TPSA) is 89.9 Å². The van der Waals surface area contributed by atoms with E-state index in [0.717, 1.165) is 12.0 Å². The van der Waals surface area contributed by atoms with Gasteiger partial charge in [0.25, 0.3) is 11.8 Å². The number of likely N-dealkylation sites (tertiary alicyclic amines) is 1. The Bertz CT molecular complexity index is 856. The molecule has 1 aliphatic heterocycles. The lowest BCUT2D eigenvalue weighted by Crippen LogP contribution is -2.30. The van der Waals surface area contributed by atoms with Gasteiger partial charge in [-0.2, -0.15) is 10.1 Å². The van der Waals surface area contributed by atoms with Crippen molar-refractivity contribution < 1.29 is 9.32 Å². The van der Waals surface area contributed by atoms with Crippen LogP contribution in [0.15, 0.2) is 41.3 Å². The van der Waals surface area contributed by atoms with E-state index < -0.39 is 0 Å². The largest absolute Gasteiger partial charge is 0.337 e. The number of aromatic nitrogens is 5. The fourth-order valence-electron chi connectivity index (χ4n) is 2.91. The number of pyridine rings is 1. The van der Waals surface area contributed by atoms with Crippen LogP contribution in [0.2, 0.25) is 0 Å². The number of hydrogen-bond acceptors (Lipinski definition) is 6. The first-order valence-electron chi connectivity index (χ1n) is 7.73. The van der Waals surface area contributed by atoms with Gasteiger partial charge in [-0.15, -0.1) is 0 Å². The maximum atomic E-state index is 12.5. The van der Waals surface area contributed by atoms with E-state index >= 15 is 0 Å². The third kappa shape index (κ3) is 2.55. The van der Waals surface area contributed by atoms with Crippen molar-refractivity contribution in [2.45, 2.75) is 12.3 Å². The molecule has 4 rings (SSSR count). The van der Waals surface area contributed by atoms with Crippen LogP contribution >= 0.6 is 0 Å². The highest BCUT2D eigenvalue weighted by Crippen LogP contribution is 2.28. The van der Waals surface area contributed by atoms with Crippen molar-refractivity contribution in [1.29, 1.82) is 0 Å². The van der Waals surface area contributed by atoms with E-state index in [9.17, 15) is 4.79 Å². The first-order valence-corrected chi connectivity index (χ1v) is 7.73. The highest BCUT2D eigenvalue weighted by Gasteiger charge is 2.32. The predicted molar refractivity (Wildman–Crippen MR) is 84.0 cm³/mol. The Hall–Kier alpha value is -3.03. The Labute approximate surface area is 138 Å². The number of rotatable bonds is 3. The lowest BCUT2D eigenvalue weighted by Gasteiger charge is -2.15. The smallest absolute Gasteiger partial charge is 0.272 e. The third-order valence-corrected chi connectivity index (χ3v) is 4.25. The minimum Gasteiger partial charge on any atom is -0.337 e. The second kappa shape index (κ2) is 5.88. The maximum absolute atomic E-state index is 12.5. The summed E-state index contributed by atoms with van der Waals surface area (Å²) >= 11 is 0. The highest BCUT2D eigenvalue weighted by molar-refractivity contribution is 5.92. The van der Waals surface area contributed by atoms with Gasteiger partial charge in [0.2, 0.25) is 0 Å². The van der Waals surface area contributed by atoms with Crippen LogP contribution in [0.4, 0.5) is 0 Å². The maximum Gasteiger partial charge on any atom is 0.272 e. The van der Waals surface area contributed by atoms with Gasteiger partial charge in [0.05, 0.1) is 0 Å². The molecular weight excluding hydrogens is 308 g/mol. The monoisotopic (exact) mass is 324 g/mol. The van der Waals surface area contributed by atoms with E-state index in [0.29, 0.717) is 30.5 Å². The fourth-order valence-corrected chi connectivity index (χ4v) is 2.91. The molecule has 122 valence electrons. The quantitative estimate of drug-likeness (QED) is 0.725. The molecule has 3 aromatic rings. The minimum atomic E-state index is -0.0182. The van der Waals surface area contributed by atoms with Crippen molar-refractivity contribution in [2.75, 3.05) is 13.1 Å². The molecule has 3 aromatic heterocycles. The first kappa shape index (κ1) is 14.6. The van der Waals surface area contributed by atoms with Crippen LogP contribution < -0.4 is 0 Å². The van der Waals surface area contributed by atoms with Gasteiger partial charge in [-0.05, 0) is 24.6 Å². The number of amides is 1. The number of carbonyl (C=O) groups excluding carboxylic acids is 1. The summed E-state index contributed by atoms with van der Waals surface area (Å²) in [6, 6.07) is 5.37. The summed E-state index contributed by atoms with van der Waals surface area (Å²) in [5, 5.41) is 8.13. The molecule has 0 N–H and O–H groups in total. The van der Waals surface area contributed by atoms with Gasteiger partial charge in [-0.1, -0.05) is 5.16 Å². The number of aryl methyl sites for hydroxylation is 1. The van der Waals surface area contributed by atoms with E-state index in [1.807, 2.05) is 17.0 Å². The molecule has 1 amide bonds. The highest BCUT2D eigenvalue weighted by atomic mass is 16.5. The molecule has 1 atom stereocenters.